The van der Waals surface area contributed by atoms with Gasteiger partial charge in [-0.05, 0) is 30.0 Å². The second kappa shape index (κ2) is 5.13. The molecule has 0 fully saturated rings. The normalized spacial score (nSPS) is 13.3. The van der Waals surface area contributed by atoms with Crippen LogP contribution in [0, 0.1) is 11.7 Å². The van der Waals surface area contributed by atoms with Gasteiger partial charge >= 0.3 is 0 Å². The van der Waals surface area contributed by atoms with Crippen LogP contribution in [0.5, 0.6) is 0 Å². The van der Waals surface area contributed by atoms with Gasteiger partial charge in [-0.1, -0.05) is 35.8 Å². The Morgan fingerprint density at radius 2 is 2.07 bits per heavy atom. The third kappa shape index (κ3) is 3.25. The van der Waals surface area contributed by atoms with Crippen LogP contribution in [0.4, 0.5) is 4.39 Å². The van der Waals surface area contributed by atoms with Crippen molar-refractivity contribution in [3.8, 4) is 0 Å². The van der Waals surface area contributed by atoms with Crippen LogP contribution in [0.25, 0.3) is 0 Å². The summed E-state index contributed by atoms with van der Waals surface area (Å²) < 4.78 is 13.6. The van der Waals surface area contributed by atoms with Gasteiger partial charge in [0.2, 0.25) is 0 Å². The zero-order chi connectivity index (χ0) is 10.7. The number of rotatable bonds is 3. The summed E-state index contributed by atoms with van der Waals surface area (Å²) in [7, 11) is 0. The molecule has 0 aliphatic rings. The van der Waals surface area contributed by atoms with Crippen molar-refractivity contribution in [3.63, 3.8) is 0 Å². The molecule has 14 heavy (non-hydrogen) atoms. The van der Waals surface area contributed by atoms with Crippen molar-refractivity contribution in [1.29, 1.82) is 0 Å². The molecule has 1 atom stereocenters. The predicted molar refractivity (Wildman–Crippen MR) is 62.3 cm³/mol. The van der Waals surface area contributed by atoms with E-state index in [1.54, 1.807) is 6.07 Å². The monoisotopic (exact) mass is 278 g/mol. The fraction of sp³-hybridized carbons (Fsp3) is 0.455. The summed E-state index contributed by atoms with van der Waals surface area (Å²) in [4.78, 5) is 0. The molecule has 1 unspecified atom stereocenters. The van der Waals surface area contributed by atoms with Crippen LogP contribution in [0.2, 0.25) is 0 Å². The standard InChI is InChI=1S/C11H13BrClF/c1-7(2)11(13)5-8-3-4-9(14)6-10(8)12/h3-4,6-7,11H,5H2,1-2H3. The zero-order valence-corrected chi connectivity index (χ0v) is 10.6. The summed E-state index contributed by atoms with van der Waals surface area (Å²) in [6.45, 7) is 4.16. The molecule has 3 heteroatoms. The number of alkyl halides is 1. The lowest BCUT2D eigenvalue weighted by molar-refractivity contribution is 0.592. The summed E-state index contributed by atoms with van der Waals surface area (Å²) in [6, 6.07) is 4.71. The molecule has 0 heterocycles. The first-order valence-electron chi connectivity index (χ1n) is 4.58. The van der Waals surface area contributed by atoms with Crippen molar-refractivity contribution in [2.45, 2.75) is 25.6 Å². The van der Waals surface area contributed by atoms with Gasteiger partial charge in [0, 0.05) is 9.85 Å². The van der Waals surface area contributed by atoms with E-state index in [2.05, 4.69) is 29.8 Å². The number of halogens is 3. The Morgan fingerprint density at radius 1 is 1.43 bits per heavy atom. The van der Waals surface area contributed by atoms with Crippen LogP contribution in [0.3, 0.4) is 0 Å². The minimum atomic E-state index is -0.226. The van der Waals surface area contributed by atoms with Gasteiger partial charge in [0.15, 0.2) is 0 Å². The summed E-state index contributed by atoms with van der Waals surface area (Å²) in [5.41, 5.74) is 1.06. The van der Waals surface area contributed by atoms with Crippen LogP contribution in [0.1, 0.15) is 19.4 Å². The Labute approximate surface area is 97.6 Å². The van der Waals surface area contributed by atoms with Crippen molar-refractivity contribution in [2.75, 3.05) is 0 Å². The van der Waals surface area contributed by atoms with Gasteiger partial charge in [-0.2, -0.15) is 0 Å². The molecular formula is C11H13BrClF. The highest BCUT2D eigenvalue weighted by molar-refractivity contribution is 9.10. The average molecular weight is 280 g/mol. The summed E-state index contributed by atoms with van der Waals surface area (Å²) in [5.74, 6) is 0.199. The number of hydrogen-bond acceptors (Lipinski definition) is 0. The van der Waals surface area contributed by atoms with E-state index in [1.165, 1.54) is 12.1 Å². The maximum absolute atomic E-state index is 12.8. The number of benzene rings is 1. The van der Waals surface area contributed by atoms with Gasteiger partial charge < -0.3 is 0 Å². The molecule has 1 aromatic rings. The van der Waals surface area contributed by atoms with E-state index in [-0.39, 0.29) is 11.2 Å². The van der Waals surface area contributed by atoms with E-state index in [1.807, 2.05) is 0 Å². The predicted octanol–water partition coefficient (Wildman–Crippen LogP) is 4.39. The summed E-state index contributed by atoms with van der Waals surface area (Å²) in [5, 5.41) is 0.0942. The molecule has 0 bridgehead atoms. The molecule has 0 amide bonds. The Balaban J connectivity index is 2.77. The smallest absolute Gasteiger partial charge is 0.124 e. The van der Waals surface area contributed by atoms with E-state index in [9.17, 15) is 4.39 Å². The van der Waals surface area contributed by atoms with Crippen molar-refractivity contribution in [3.05, 3.63) is 34.1 Å². The Hall–Kier alpha value is -0.0800. The molecule has 0 N–H and O–H groups in total. The van der Waals surface area contributed by atoms with E-state index >= 15 is 0 Å². The third-order valence-corrected chi connectivity index (χ3v) is 3.55. The number of hydrogen-bond donors (Lipinski definition) is 0. The molecule has 1 aromatic carbocycles. The Morgan fingerprint density at radius 3 is 2.57 bits per heavy atom. The minimum absolute atomic E-state index is 0.0942. The molecule has 78 valence electrons. The van der Waals surface area contributed by atoms with Gasteiger partial charge in [-0.25, -0.2) is 4.39 Å². The second-order valence-electron chi connectivity index (χ2n) is 3.70. The topological polar surface area (TPSA) is 0 Å². The summed E-state index contributed by atoms with van der Waals surface area (Å²) in [6.07, 6.45) is 0.764. The molecule has 1 rings (SSSR count). The fourth-order valence-electron chi connectivity index (χ4n) is 1.13. The molecule has 0 nitrogen and oxygen atoms in total. The van der Waals surface area contributed by atoms with Gasteiger partial charge in [0.1, 0.15) is 5.82 Å². The Kier molecular flexibility index (Phi) is 4.39. The molecule has 0 spiro atoms. The van der Waals surface area contributed by atoms with Crippen LogP contribution >= 0.6 is 27.5 Å². The lowest BCUT2D eigenvalue weighted by atomic mass is 10.0. The van der Waals surface area contributed by atoms with Gasteiger partial charge in [0.25, 0.3) is 0 Å². The fourth-order valence-corrected chi connectivity index (χ4v) is 1.81. The third-order valence-electron chi connectivity index (χ3n) is 2.15. The lowest BCUT2D eigenvalue weighted by Crippen LogP contribution is -2.11. The SMILES string of the molecule is CC(C)C(Cl)Cc1ccc(F)cc1Br. The van der Waals surface area contributed by atoms with Crippen molar-refractivity contribution >= 4 is 27.5 Å². The van der Waals surface area contributed by atoms with Crippen LogP contribution in [-0.2, 0) is 6.42 Å². The van der Waals surface area contributed by atoms with Crippen molar-refractivity contribution in [1.82, 2.24) is 0 Å². The first-order chi connectivity index (χ1) is 6.50. The van der Waals surface area contributed by atoms with E-state index < -0.39 is 0 Å². The van der Waals surface area contributed by atoms with E-state index in [0.29, 0.717) is 5.92 Å². The van der Waals surface area contributed by atoms with Crippen LogP contribution < -0.4 is 0 Å². The highest BCUT2D eigenvalue weighted by atomic mass is 79.9. The van der Waals surface area contributed by atoms with Gasteiger partial charge in [0.05, 0.1) is 0 Å². The highest BCUT2D eigenvalue weighted by Gasteiger charge is 2.12. The average Bonchev–Trinajstić information content (AvgIpc) is 2.09. The Bertz CT molecular complexity index is 312. The maximum Gasteiger partial charge on any atom is 0.124 e. The maximum atomic E-state index is 12.8. The molecule has 0 radical (unpaired) electrons. The van der Waals surface area contributed by atoms with Crippen molar-refractivity contribution in [2.24, 2.45) is 5.92 Å². The largest absolute Gasteiger partial charge is 0.207 e. The molecule has 0 saturated heterocycles. The van der Waals surface area contributed by atoms with Crippen LogP contribution in [-0.4, -0.2) is 5.38 Å². The van der Waals surface area contributed by atoms with Gasteiger partial charge in [-0.15, -0.1) is 11.6 Å². The highest BCUT2D eigenvalue weighted by Crippen LogP contribution is 2.23. The zero-order valence-electron chi connectivity index (χ0n) is 8.23. The molecule has 0 saturated carbocycles. The minimum Gasteiger partial charge on any atom is -0.207 e. The second-order valence-corrected chi connectivity index (χ2v) is 5.11. The van der Waals surface area contributed by atoms with Crippen LogP contribution in [0.15, 0.2) is 22.7 Å². The molecule has 0 aliphatic carbocycles. The first-order valence-corrected chi connectivity index (χ1v) is 5.81. The summed E-state index contributed by atoms with van der Waals surface area (Å²) >= 11 is 9.47. The quantitative estimate of drug-likeness (QED) is 0.720. The molecule has 0 aromatic heterocycles. The van der Waals surface area contributed by atoms with Gasteiger partial charge in [-0.3, -0.25) is 0 Å². The van der Waals surface area contributed by atoms with E-state index in [4.69, 9.17) is 11.6 Å². The van der Waals surface area contributed by atoms with E-state index in [0.717, 1.165) is 16.5 Å². The molecule has 0 aliphatic heterocycles. The van der Waals surface area contributed by atoms with Crippen molar-refractivity contribution < 1.29 is 4.39 Å². The molecular weight excluding hydrogens is 266 g/mol. The lowest BCUT2D eigenvalue weighted by Gasteiger charge is -2.14. The first kappa shape index (κ1) is 12.0.